The fraction of sp³-hybridized carbons (Fsp3) is 1.00. The third kappa shape index (κ3) is 3.30. The van der Waals surface area contributed by atoms with E-state index in [9.17, 15) is 0 Å². The van der Waals surface area contributed by atoms with Gasteiger partial charge in [0.25, 0.3) is 0 Å². The van der Waals surface area contributed by atoms with Crippen molar-refractivity contribution < 1.29 is 0 Å². The summed E-state index contributed by atoms with van der Waals surface area (Å²) >= 11 is 0. The van der Waals surface area contributed by atoms with Gasteiger partial charge in [0.2, 0.25) is 0 Å². The Balaban J connectivity index is 0.000000671. The van der Waals surface area contributed by atoms with Gasteiger partial charge in [-0.15, -0.1) is 0 Å². The fourth-order valence-electron chi connectivity index (χ4n) is 1.73. The molecule has 0 saturated carbocycles. The van der Waals surface area contributed by atoms with Gasteiger partial charge in [-0.1, -0.05) is 41.5 Å². The first-order chi connectivity index (χ1) is 5.96. The van der Waals surface area contributed by atoms with Gasteiger partial charge in [0.1, 0.15) is 0 Å². The van der Waals surface area contributed by atoms with E-state index in [2.05, 4.69) is 33.0 Å². The van der Waals surface area contributed by atoms with Crippen LogP contribution in [0.1, 0.15) is 54.4 Å². The Kier molecular flexibility index (Phi) is 4.98. The van der Waals surface area contributed by atoms with Crippen LogP contribution in [0.3, 0.4) is 0 Å². The standard InChI is InChI=1S/C10H21N.C2H6/c1-9(2,3)10(4)5-7-11-8-6-10;1-2/h11H,5-8H2,1-4H3;1-2H3. The minimum Gasteiger partial charge on any atom is -0.317 e. The summed E-state index contributed by atoms with van der Waals surface area (Å²) in [6.07, 6.45) is 2.66. The molecule has 0 amide bonds. The summed E-state index contributed by atoms with van der Waals surface area (Å²) in [5.74, 6) is 0. The van der Waals surface area contributed by atoms with Crippen LogP contribution < -0.4 is 5.32 Å². The smallest absolute Gasteiger partial charge is 0.00435 e. The van der Waals surface area contributed by atoms with E-state index in [0.717, 1.165) is 0 Å². The van der Waals surface area contributed by atoms with E-state index < -0.39 is 0 Å². The van der Waals surface area contributed by atoms with Gasteiger partial charge in [0, 0.05) is 0 Å². The lowest BCUT2D eigenvalue weighted by molar-refractivity contribution is 0.0680. The molecule has 1 N–H and O–H groups in total. The molecule has 0 unspecified atom stereocenters. The molecule has 13 heavy (non-hydrogen) atoms. The number of rotatable bonds is 0. The number of nitrogens with one attached hydrogen (secondary N) is 1. The molecule has 1 saturated heterocycles. The molecule has 1 nitrogen and oxygen atoms in total. The van der Waals surface area contributed by atoms with Crippen LogP contribution in [0.5, 0.6) is 0 Å². The number of piperidine rings is 1. The summed E-state index contributed by atoms with van der Waals surface area (Å²) in [5, 5.41) is 3.41. The molecule has 0 aromatic carbocycles. The molecule has 0 aliphatic carbocycles. The van der Waals surface area contributed by atoms with Gasteiger partial charge in [-0.05, 0) is 36.8 Å². The predicted octanol–water partition coefficient (Wildman–Crippen LogP) is 3.45. The molecule has 1 aliphatic rings. The molecule has 1 heterocycles. The maximum atomic E-state index is 3.41. The van der Waals surface area contributed by atoms with Crippen LogP contribution in [0.25, 0.3) is 0 Å². The Morgan fingerprint density at radius 3 is 1.62 bits per heavy atom. The lowest BCUT2D eigenvalue weighted by Crippen LogP contribution is -2.42. The van der Waals surface area contributed by atoms with Crippen molar-refractivity contribution in [2.45, 2.75) is 54.4 Å². The van der Waals surface area contributed by atoms with Crippen molar-refractivity contribution in [2.75, 3.05) is 13.1 Å². The average molecular weight is 185 g/mol. The van der Waals surface area contributed by atoms with E-state index in [4.69, 9.17) is 0 Å². The van der Waals surface area contributed by atoms with Gasteiger partial charge in [-0.25, -0.2) is 0 Å². The quantitative estimate of drug-likeness (QED) is 0.609. The molecule has 1 aliphatic heterocycles. The topological polar surface area (TPSA) is 12.0 Å². The molecular weight excluding hydrogens is 158 g/mol. The van der Waals surface area contributed by atoms with E-state index in [0.29, 0.717) is 10.8 Å². The number of hydrogen-bond donors (Lipinski definition) is 1. The Morgan fingerprint density at radius 1 is 1.00 bits per heavy atom. The second kappa shape index (κ2) is 4.99. The minimum absolute atomic E-state index is 0.467. The Labute approximate surface area is 84.3 Å². The van der Waals surface area contributed by atoms with Crippen molar-refractivity contribution in [1.82, 2.24) is 5.32 Å². The molecule has 0 bridgehead atoms. The van der Waals surface area contributed by atoms with Crippen molar-refractivity contribution in [3.05, 3.63) is 0 Å². The first-order valence-corrected chi connectivity index (χ1v) is 5.66. The van der Waals surface area contributed by atoms with Gasteiger partial charge < -0.3 is 5.32 Å². The van der Waals surface area contributed by atoms with Crippen LogP contribution in [0.4, 0.5) is 0 Å². The molecule has 1 fully saturated rings. The molecule has 0 aromatic rings. The summed E-state index contributed by atoms with van der Waals surface area (Å²) in [6.45, 7) is 15.9. The average Bonchev–Trinajstić information content (AvgIpc) is 2.07. The van der Waals surface area contributed by atoms with Gasteiger partial charge in [-0.2, -0.15) is 0 Å². The normalized spacial score (nSPS) is 21.7. The van der Waals surface area contributed by atoms with Gasteiger partial charge in [0.05, 0.1) is 0 Å². The molecule has 1 rings (SSSR count). The van der Waals surface area contributed by atoms with E-state index in [-0.39, 0.29) is 0 Å². The first-order valence-electron chi connectivity index (χ1n) is 5.66. The fourth-order valence-corrected chi connectivity index (χ4v) is 1.73. The highest BCUT2D eigenvalue weighted by Gasteiger charge is 2.37. The van der Waals surface area contributed by atoms with Crippen molar-refractivity contribution in [3.8, 4) is 0 Å². The van der Waals surface area contributed by atoms with Crippen molar-refractivity contribution in [3.63, 3.8) is 0 Å². The van der Waals surface area contributed by atoms with Crippen LogP contribution in [0.15, 0.2) is 0 Å². The number of hydrogen-bond acceptors (Lipinski definition) is 1. The Hall–Kier alpha value is -0.0400. The van der Waals surface area contributed by atoms with E-state index in [1.807, 2.05) is 13.8 Å². The highest BCUT2D eigenvalue weighted by Crippen LogP contribution is 2.44. The zero-order valence-corrected chi connectivity index (χ0v) is 10.3. The van der Waals surface area contributed by atoms with Crippen LogP contribution in [0, 0.1) is 10.8 Å². The van der Waals surface area contributed by atoms with Gasteiger partial charge >= 0.3 is 0 Å². The predicted molar refractivity (Wildman–Crippen MR) is 61.0 cm³/mol. The monoisotopic (exact) mass is 185 g/mol. The van der Waals surface area contributed by atoms with E-state index in [1.165, 1.54) is 25.9 Å². The molecule has 80 valence electrons. The van der Waals surface area contributed by atoms with E-state index >= 15 is 0 Å². The van der Waals surface area contributed by atoms with Crippen LogP contribution in [-0.2, 0) is 0 Å². The molecule has 1 heteroatoms. The van der Waals surface area contributed by atoms with Crippen LogP contribution >= 0.6 is 0 Å². The minimum atomic E-state index is 0.467. The Morgan fingerprint density at radius 2 is 1.38 bits per heavy atom. The second-order valence-corrected chi connectivity index (χ2v) is 5.06. The van der Waals surface area contributed by atoms with Crippen molar-refractivity contribution in [2.24, 2.45) is 10.8 Å². The summed E-state index contributed by atoms with van der Waals surface area (Å²) in [6, 6.07) is 0. The lowest BCUT2D eigenvalue weighted by Gasteiger charge is -2.45. The lowest BCUT2D eigenvalue weighted by atomic mass is 9.63. The van der Waals surface area contributed by atoms with Crippen LogP contribution in [-0.4, -0.2) is 13.1 Å². The van der Waals surface area contributed by atoms with E-state index in [1.54, 1.807) is 0 Å². The maximum Gasteiger partial charge on any atom is -0.00435 e. The summed E-state index contributed by atoms with van der Waals surface area (Å²) in [4.78, 5) is 0. The summed E-state index contributed by atoms with van der Waals surface area (Å²) in [5.41, 5.74) is 1.02. The Bertz CT molecular complexity index is 127. The summed E-state index contributed by atoms with van der Waals surface area (Å²) in [7, 11) is 0. The van der Waals surface area contributed by atoms with Crippen LogP contribution in [0.2, 0.25) is 0 Å². The molecular formula is C12H27N. The SMILES string of the molecule is CC.CC(C)(C)C1(C)CCNCC1. The highest BCUT2D eigenvalue weighted by atomic mass is 14.9. The third-order valence-corrected chi connectivity index (χ3v) is 3.52. The largest absolute Gasteiger partial charge is 0.317 e. The zero-order chi connectivity index (χ0) is 10.5. The molecule has 0 aromatic heterocycles. The zero-order valence-electron chi connectivity index (χ0n) is 10.3. The maximum absolute atomic E-state index is 3.41. The summed E-state index contributed by atoms with van der Waals surface area (Å²) < 4.78 is 0. The molecule has 0 spiro atoms. The first kappa shape index (κ1) is 13.0. The molecule has 0 atom stereocenters. The third-order valence-electron chi connectivity index (χ3n) is 3.52. The molecule has 0 radical (unpaired) electrons. The second-order valence-electron chi connectivity index (χ2n) is 5.06. The van der Waals surface area contributed by atoms with Crippen molar-refractivity contribution >= 4 is 0 Å². The van der Waals surface area contributed by atoms with Gasteiger partial charge in [0.15, 0.2) is 0 Å². The van der Waals surface area contributed by atoms with Gasteiger partial charge in [-0.3, -0.25) is 0 Å². The highest BCUT2D eigenvalue weighted by molar-refractivity contribution is 4.89. The van der Waals surface area contributed by atoms with Crippen molar-refractivity contribution in [1.29, 1.82) is 0 Å².